The minimum absolute atomic E-state index is 0.228. The maximum Gasteiger partial charge on any atom is 0.411 e. The predicted octanol–water partition coefficient (Wildman–Crippen LogP) is 5.61. The first kappa shape index (κ1) is 19.8. The van der Waals surface area contributed by atoms with Gasteiger partial charge in [-0.1, -0.05) is 60.3 Å². The minimum atomic E-state index is -0.480. The Labute approximate surface area is 178 Å². The largest absolute Gasteiger partial charge is 0.497 e. The number of hydrogen-bond donors (Lipinski definition) is 2. The summed E-state index contributed by atoms with van der Waals surface area (Å²) in [5, 5.41) is 3.64. The van der Waals surface area contributed by atoms with Gasteiger partial charge in [0.05, 0.1) is 18.1 Å². The summed E-state index contributed by atoms with van der Waals surface area (Å²) in [6, 6.07) is 23.0. The molecule has 4 rings (SSSR count). The number of benzene rings is 3. The van der Waals surface area contributed by atoms with E-state index < -0.39 is 6.09 Å². The van der Waals surface area contributed by atoms with Gasteiger partial charge in [0.2, 0.25) is 0 Å². The van der Waals surface area contributed by atoms with Gasteiger partial charge in [0.25, 0.3) is 0 Å². The Bertz CT molecular complexity index is 1140. The lowest BCUT2D eigenvalue weighted by Crippen LogP contribution is -2.14. The molecule has 0 saturated carbocycles. The number of H-pyrrole nitrogens is 1. The van der Waals surface area contributed by atoms with E-state index in [-0.39, 0.29) is 6.61 Å². The standard InChI is InChI=1S/C23H21N3O3S/c1-28-18-11-12-20-21(13-18)25-22(24-20)30-15-17-9-5-6-10-19(17)26-23(27)29-14-16-7-3-2-4-8-16/h2-13H,14-15H2,1H3,(H,24,25)(H,26,27). The number of carbonyl (C=O) groups excluding carboxylic acids is 1. The van der Waals surface area contributed by atoms with E-state index in [1.54, 1.807) is 18.9 Å². The number of aromatic nitrogens is 2. The maximum absolute atomic E-state index is 12.2. The number of thioether (sulfide) groups is 1. The molecule has 7 heteroatoms. The third kappa shape index (κ3) is 4.93. The number of anilines is 1. The van der Waals surface area contributed by atoms with E-state index in [0.29, 0.717) is 5.75 Å². The summed E-state index contributed by atoms with van der Waals surface area (Å²) in [5.74, 6) is 1.43. The molecule has 0 aliphatic heterocycles. The van der Waals surface area contributed by atoms with E-state index >= 15 is 0 Å². The topological polar surface area (TPSA) is 76.2 Å². The number of carbonyl (C=O) groups is 1. The summed E-state index contributed by atoms with van der Waals surface area (Å²) in [7, 11) is 1.64. The molecule has 152 valence electrons. The van der Waals surface area contributed by atoms with Gasteiger partial charge in [-0.25, -0.2) is 9.78 Å². The van der Waals surface area contributed by atoms with E-state index in [4.69, 9.17) is 9.47 Å². The lowest BCUT2D eigenvalue weighted by molar-refractivity contribution is 0.155. The van der Waals surface area contributed by atoms with Gasteiger partial charge >= 0.3 is 6.09 Å². The van der Waals surface area contributed by atoms with Crippen LogP contribution in [-0.2, 0) is 17.1 Å². The highest BCUT2D eigenvalue weighted by atomic mass is 32.2. The SMILES string of the molecule is COc1ccc2nc(SCc3ccccc3NC(=O)OCc3ccccc3)[nH]c2c1. The molecule has 30 heavy (non-hydrogen) atoms. The smallest absolute Gasteiger partial charge is 0.411 e. The van der Waals surface area contributed by atoms with E-state index in [9.17, 15) is 4.79 Å². The van der Waals surface area contributed by atoms with Crippen LogP contribution >= 0.6 is 11.8 Å². The average Bonchev–Trinajstić information content (AvgIpc) is 3.20. The highest BCUT2D eigenvalue weighted by molar-refractivity contribution is 7.98. The van der Waals surface area contributed by atoms with E-state index in [0.717, 1.165) is 38.8 Å². The van der Waals surface area contributed by atoms with Gasteiger partial charge in [-0.3, -0.25) is 5.32 Å². The fourth-order valence-electron chi connectivity index (χ4n) is 2.94. The molecule has 3 aromatic carbocycles. The van der Waals surface area contributed by atoms with Crippen molar-refractivity contribution in [3.8, 4) is 5.75 Å². The molecule has 0 aliphatic rings. The van der Waals surface area contributed by atoms with E-state index in [1.807, 2.05) is 72.8 Å². The molecule has 1 amide bonds. The molecule has 2 N–H and O–H groups in total. The molecule has 0 atom stereocenters. The first-order chi connectivity index (χ1) is 14.7. The second-order valence-electron chi connectivity index (χ2n) is 6.56. The number of nitrogens with zero attached hydrogens (tertiary/aromatic N) is 1. The number of aromatic amines is 1. The zero-order chi connectivity index (χ0) is 20.8. The highest BCUT2D eigenvalue weighted by Crippen LogP contribution is 2.28. The Hall–Kier alpha value is -3.45. The molecule has 6 nitrogen and oxygen atoms in total. The Morgan fingerprint density at radius 2 is 1.87 bits per heavy atom. The van der Waals surface area contributed by atoms with Gasteiger partial charge < -0.3 is 14.5 Å². The van der Waals surface area contributed by atoms with Crippen LogP contribution in [0, 0.1) is 0 Å². The first-order valence-electron chi connectivity index (χ1n) is 9.43. The van der Waals surface area contributed by atoms with Crippen molar-refractivity contribution in [2.45, 2.75) is 17.5 Å². The maximum atomic E-state index is 12.2. The molecule has 0 aliphatic carbocycles. The van der Waals surface area contributed by atoms with Gasteiger partial charge in [0.15, 0.2) is 5.16 Å². The van der Waals surface area contributed by atoms with Crippen LogP contribution in [0.1, 0.15) is 11.1 Å². The summed E-state index contributed by atoms with van der Waals surface area (Å²) in [5.41, 5.74) is 4.46. The Morgan fingerprint density at radius 3 is 2.70 bits per heavy atom. The van der Waals surface area contributed by atoms with Crippen molar-refractivity contribution in [2.75, 3.05) is 12.4 Å². The molecule has 0 bridgehead atoms. The third-order valence-electron chi connectivity index (χ3n) is 4.50. The van der Waals surface area contributed by atoms with E-state index in [2.05, 4.69) is 15.3 Å². The number of imidazole rings is 1. The zero-order valence-electron chi connectivity index (χ0n) is 16.4. The zero-order valence-corrected chi connectivity index (χ0v) is 17.2. The second-order valence-corrected chi connectivity index (χ2v) is 7.52. The normalized spacial score (nSPS) is 10.7. The summed E-state index contributed by atoms with van der Waals surface area (Å²) in [4.78, 5) is 20.1. The van der Waals surface area contributed by atoms with Gasteiger partial charge in [-0.15, -0.1) is 0 Å². The van der Waals surface area contributed by atoms with E-state index in [1.165, 1.54) is 0 Å². The number of rotatable bonds is 7. The Balaban J connectivity index is 1.39. The van der Waals surface area contributed by atoms with Crippen molar-refractivity contribution in [3.63, 3.8) is 0 Å². The van der Waals surface area contributed by atoms with Crippen molar-refractivity contribution in [2.24, 2.45) is 0 Å². The first-order valence-corrected chi connectivity index (χ1v) is 10.4. The monoisotopic (exact) mass is 419 g/mol. The number of methoxy groups -OCH3 is 1. The van der Waals surface area contributed by atoms with Crippen LogP contribution in [0.2, 0.25) is 0 Å². The van der Waals surface area contributed by atoms with Crippen molar-refractivity contribution in [1.82, 2.24) is 9.97 Å². The second kappa shape index (κ2) is 9.37. The summed E-state index contributed by atoms with van der Waals surface area (Å²) < 4.78 is 10.6. The van der Waals surface area contributed by atoms with Crippen LogP contribution in [-0.4, -0.2) is 23.2 Å². The van der Waals surface area contributed by atoms with Gasteiger partial charge in [0, 0.05) is 17.5 Å². The number of ether oxygens (including phenoxy) is 2. The fraction of sp³-hybridized carbons (Fsp3) is 0.130. The van der Waals surface area contributed by atoms with Crippen LogP contribution in [0.3, 0.4) is 0 Å². The molecule has 1 aromatic heterocycles. The number of para-hydroxylation sites is 1. The number of amides is 1. The molecule has 0 saturated heterocycles. The van der Waals surface area contributed by atoms with Crippen LogP contribution in [0.25, 0.3) is 11.0 Å². The molecular weight excluding hydrogens is 398 g/mol. The highest BCUT2D eigenvalue weighted by Gasteiger charge is 2.10. The Kier molecular flexibility index (Phi) is 6.20. The predicted molar refractivity (Wildman–Crippen MR) is 119 cm³/mol. The number of hydrogen-bond acceptors (Lipinski definition) is 5. The number of fused-ring (bicyclic) bond motifs is 1. The van der Waals surface area contributed by atoms with Gasteiger partial charge in [-0.2, -0.15) is 0 Å². The fourth-order valence-corrected chi connectivity index (χ4v) is 3.83. The molecule has 0 fully saturated rings. The van der Waals surface area contributed by atoms with Crippen LogP contribution in [0.5, 0.6) is 5.75 Å². The van der Waals surface area contributed by atoms with Crippen LogP contribution in [0.15, 0.2) is 78.0 Å². The molecule has 0 unspecified atom stereocenters. The lowest BCUT2D eigenvalue weighted by atomic mass is 10.2. The molecule has 1 heterocycles. The summed E-state index contributed by atoms with van der Waals surface area (Å²) >= 11 is 1.56. The molecular formula is C23H21N3O3S. The Morgan fingerprint density at radius 1 is 1.07 bits per heavy atom. The quantitative estimate of drug-likeness (QED) is 0.381. The summed E-state index contributed by atoms with van der Waals surface area (Å²) in [6.07, 6.45) is -0.480. The van der Waals surface area contributed by atoms with Crippen LogP contribution < -0.4 is 10.1 Å². The van der Waals surface area contributed by atoms with Crippen molar-refractivity contribution in [3.05, 3.63) is 83.9 Å². The van der Waals surface area contributed by atoms with Gasteiger partial charge in [0.1, 0.15) is 12.4 Å². The lowest BCUT2D eigenvalue weighted by Gasteiger charge is -2.11. The molecule has 0 radical (unpaired) electrons. The number of nitrogens with one attached hydrogen (secondary N) is 2. The van der Waals surface area contributed by atoms with Crippen molar-refractivity contribution in [1.29, 1.82) is 0 Å². The van der Waals surface area contributed by atoms with Gasteiger partial charge in [-0.05, 0) is 29.3 Å². The van der Waals surface area contributed by atoms with Crippen LogP contribution in [0.4, 0.5) is 10.5 Å². The average molecular weight is 420 g/mol. The molecule has 0 spiro atoms. The summed E-state index contributed by atoms with van der Waals surface area (Å²) in [6.45, 7) is 0.228. The molecule has 4 aromatic rings. The minimum Gasteiger partial charge on any atom is -0.497 e. The third-order valence-corrected chi connectivity index (χ3v) is 5.42. The van der Waals surface area contributed by atoms with Crippen molar-refractivity contribution >= 4 is 34.6 Å². The van der Waals surface area contributed by atoms with Crippen molar-refractivity contribution < 1.29 is 14.3 Å².